The molecule has 0 spiro atoms. The second kappa shape index (κ2) is 4.37. The molecule has 6 heteroatoms. The monoisotopic (exact) mass is 166 g/mol. The molecule has 0 aromatic carbocycles. The molecule has 10 heavy (non-hydrogen) atoms. The first kappa shape index (κ1) is 9.54. The number of carbonyl (C=O) groups is 1. The van der Waals surface area contributed by atoms with Crippen LogP contribution in [0, 0.1) is 0 Å². The van der Waals surface area contributed by atoms with Crippen molar-refractivity contribution in [2.75, 3.05) is 13.1 Å². The Morgan fingerprint density at radius 3 is 2.40 bits per heavy atom. The second-order valence-electron chi connectivity index (χ2n) is 1.52. The highest BCUT2D eigenvalue weighted by Crippen LogP contribution is 1.71. The summed E-state index contributed by atoms with van der Waals surface area (Å²) in [5, 5.41) is 0. The van der Waals surface area contributed by atoms with E-state index in [9.17, 15) is 13.2 Å². The van der Waals surface area contributed by atoms with E-state index in [0.29, 0.717) is 12.8 Å². The fraction of sp³-hybridized carbons (Fsp3) is 0.750. The van der Waals surface area contributed by atoms with E-state index in [4.69, 9.17) is 0 Å². The first-order valence-electron chi connectivity index (χ1n) is 2.80. The molecule has 0 radical (unpaired) electrons. The van der Waals surface area contributed by atoms with Gasteiger partial charge in [0.1, 0.15) is 6.29 Å². The van der Waals surface area contributed by atoms with Crippen LogP contribution in [0.4, 0.5) is 0 Å². The summed E-state index contributed by atoms with van der Waals surface area (Å²) in [5.41, 5.74) is 0. The number of rotatable bonds is 5. The van der Waals surface area contributed by atoms with E-state index in [1.54, 1.807) is 6.92 Å². The van der Waals surface area contributed by atoms with Gasteiger partial charge in [0.05, 0.1) is 6.54 Å². The third kappa shape index (κ3) is 4.42. The third-order valence-corrected chi connectivity index (χ3v) is 1.91. The third-order valence-electron chi connectivity index (χ3n) is 0.691. The molecule has 0 amide bonds. The van der Waals surface area contributed by atoms with E-state index in [2.05, 4.69) is 4.72 Å². The van der Waals surface area contributed by atoms with Gasteiger partial charge in [0.25, 0.3) is 10.2 Å². The van der Waals surface area contributed by atoms with Gasteiger partial charge in [-0.05, 0) is 0 Å². The van der Waals surface area contributed by atoms with Gasteiger partial charge in [0.2, 0.25) is 0 Å². The van der Waals surface area contributed by atoms with Crippen LogP contribution >= 0.6 is 0 Å². The van der Waals surface area contributed by atoms with Crippen LogP contribution in [0.3, 0.4) is 0 Å². The zero-order valence-corrected chi connectivity index (χ0v) is 6.44. The fourth-order valence-electron chi connectivity index (χ4n) is 0.385. The zero-order chi connectivity index (χ0) is 8.04. The summed E-state index contributed by atoms with van der Waals surface area (Å²) in [6, 6.07) is 0. The fourth-order valence-corrected chi connectivity index (χ4v) is 1.15. The van der Waals surface area contributed by atoms with E-state index < -0.39 is 10.2 Å². The average molecular weight is 166 g/mol. The van der Waals surface area contributed by atoms with Crippen LogP contribution in [0.2, 0.25) is 0 Å². The highest BCUT2D eigenvalue weighted by Gasteiger charge is 2.03. The molecule has 0 aliphatic heterocycles. The SMILES string of the molecule is CCNS(=O)(=O)NCC=O. The molecule has 0 fully saturated rings. The molecule has 0 aromatic heterocycles. The van der Waals surface area contributed by atoms with Crippen molar-refractivity contribution in [2.24, 2.45) is 0 Å². The Hall–Kier alpha value is -0.460. The van der Waals surface area contributed by atoms with Crippen molar-refractivity contribution in [3.8, 4) is 0 Å². The van der Waals surface area contributed by atoms with Gasteiger partial charge in [0.15, 0.2) is 0 Å². The van der Waals surface area contributed by atoms with Crippen LogP contribution in [0.5, 0.6) is 0 Å². The molecule has 0 rings (SSSR count). The molecule has 0 bridgehead atoms. The molecule has 5 nitrogen and oxygen atoms in total. The Morgan fingerprint density at radius 1 is 1.40 bits per heavy atom. The van der Waals surface area contributed by atoms with Crippen molar-refractivity contribution in [3.05, 3.63) is 0 Å². The maximum atomic E-state index is 10.6. The minimum atomic E-state index is -3.43. The maximum Gasteiger partial charge on any atom is 0.277 e. The molecule has 0 heterocycles. The zero-order valence-electron chi connectivity index (χ0n) is 5.62. The summed E-state index contributed by atoms with van der Waals surface area (Å²) in [5.74, 6) is 0. The number of hydrogen-bond acceptors (Lipinski definition) is 3. The Bertz CT molecular complexity index is 187. The lowest BCUT2D eigenvalue weighted by atomic mass is 10.8. The molecule has 2 N–H and O–H groups in total. The molecule has 0 aliphatic carbocycles. The predicted octanol–water partition coefficient (Wildman–Crippen LogP) is -1.37. The van der Waals surface area contributed by atoms with Crippen molar-refractivity contribution in [2.45, 2.75) is 6.92 Å². The van der Waals surface area contributed by atoms with Crippen LogP contribution < -0.4 is 9.44 Å². The largest absolute Gasteiger partial charge is 0.302 e. The molecule has 60 valence electrons. The van der Waals surface area contributed by atoms with Crippen LogP contribution in [0.15, 0.2) is 0 Å². The van der Waals surface area contributed by atoms with Gasteiger partial charge in [-0.1, -0.05) is 6.92 Å². The Morgan fingerprint density at radius 2 is 2.00 bits per heavy atom. The molecule has 0 saturated carbocycles. The summed E-state index contributed by atoms with van der Waals surface area (Å²) in [4.78, 5) is 9.70. The topological polar surface area (TPSA) is 75.3 Å². The predicted molar refractivity (Wildman–Crippen MR) is 36.7 cm³/mol. The van der Waals surface area contributed by atoms with E-state index in [1.807, 2.05) is 4.72 Å². The smallest absolute Gasteiger partial charge is 0.277 e. The van der Waals surface area contributed by atoms with Gasteiger partial charge >= 0.3 is 0 Å². The van der Waals surface area contributed by atoms with Gasteiger partial charge in [-0.3, -0.25) is 0 Å². The number of nitrogens with one attached hydrogen (secondary N) is 2. The van der Waals surface area contributed by atoms with Gasteiger partial charge in [0, 0.05) is 6.54 Å². The molecule has 0 saturated heterocycles. The lowest BCUT2D eigenvalue weighted by Gasteiger charge is -2.01. The van der Waals surface area contributed by atoms with Crippen LogP contribution in [0.1, 0.15) is 6.92 Å². The van der Waals surface area contributed by atoms with Crippen LogP contribution in [0.25, 0.3) is 0 Å². The summed E-state index contributed by atoms with van der Waals surface area (Å²) in [6.45, 7) is 1.78. The summed E-state index contributed by atoms with van der Waals surface area (Å²) in [6.07, 6.45) is 0.481. The molecule has 0 aromatic rings. The molecule has 0 atom stereocenters. The Kier molecular flexibility index (Phi) is 4.17. The maximum absolute atomic E-state index is 10.6. The number of aldehydes is 1. The minimum absolute atomic E-state index is 0.185. The number of carbonyl (C=O) groups excluding carboxylic acids is 1. The van der Waals surface area contributed by atoms with E-state index >= 15 is 0 Å². The summed E-state index contributed by atoms with van der Waals surface area (Å²) >= 11 is 0. The van der Waals surface area contributed by atoms with E-state index in [-0.39, 0.29) is 6.54 Å². The number of hydrogen-bond donors (Lipinski definition) is 2. The molecule has 0 unspecified atom stereocenters. The highest BCUT2D eigenvalue weighted by molar-refractivity contribution is 7.87. The van der Waals surface area contributed by atoms with Gasteiger partial charge in [-0.15, -0.1) is 0 Å². The second-order valence-corrected chi connectivity index (χ2v) is 3.10. The van der Waals surface area contributed by atoms with Crippen LogP contribution in [-0.2, 0) is 15.0 Å². The van der Waals surface area contributed by atoms with Crippen molar-refractivity contribution < 1.29 is 13.2 Å². The highest BCUT2D eigenvalue weighted by atomic mass is 32.2. The lowest BCUT2D eigenvalue weighted by molar-refractivity contribution is -0.106. The molecular formula is C4H10N2O3S. The standard InChI is InChI=1S/C4H10N2O3S/c1-2-5-10(8,9)6-3-4-7/h4-6H,2-3H2,1H3. The normalized spacial score (nSPS) is 11.3. The average Bonchev–Trinajstić information content (AvgIpc) is 1.84. The van der Waals surface area contributed by atoms with Crippen LogP contribution in [-0.4, -0.2) is 27.8 Å². The van der Waals surface area contributed by atoms with Crippen molar-refractivity contribution >= 4 is 16.5 Å². The first-order valence-corrected chi connectivity index (χ1v) is 4.28. The quantitative estimate of drug-likeness (QED) is 0.495. The van der Waals surface area contributed by atoms with Gasteiger partial charge < -0.3 is 4.79 Å². The van der Waals surface area contributed by atoms with Crippen molar-refractivity contribution in [1.29, 1.82) is 0 Å². The van der Waals surface area contributed by atoms with Gasteiger partial charge in [-0.2, -0.15) is 13.1 Å². The molecular weight excluding hydrogens is 156 g/mol. The van der Waals surface area contributed by atoms with Gasteiger partial charge in [-0.25, -0.2) is 4.72 Å². The van der Waals surface area contributed by atoms with Crippen molar-refractivity contribution in [3.63, 3.8) is 0 Å². The summed E-state index contributed by atoms with van der Waals surface area (Å²) in [7, 11) is -3.43. The Labute approximate surface area is 60.0 Å². The van der Waals surface area contributed by atoms with E-state index in [1.165, 1.54) is 0 Å². The summed E-state index contributed by atoms with van der Waals surface area (Å²) < 4.78 is 25.4. The Balaban J connectivity index is 3.76. The molecule has 0 aliphatic rings. The minimum Gasteiger partial charge on any atom is -0.302 e. The lowest BCUT2D eigenvalue weighted by Crippen LogP contribution is -2.37. The van der Waals surface area contributed by atoms with E-state index in [0.717, 1.165) is 0 Å². The first-order chi connectivity index (χ1) is 4.62. The van der Waals surface area contributed by atoms with Crippen molar-refractivity contribution in [1.82, 2.24) is 9.44 Å².